The van der Waals surface area contributed by atoms with E-state index in [-0.39, 0.29) is 5.78 Å². The fraction of sp³-hybridized carbons (Fsp3) is 0.500. The van der Waals surface area contributed by atoms with E-state index >= 15 is 0 Å². The maximum atomic E-state index is 11.8. The first-order chi connectivity index (χ1) is 8.29. The summed E-state index contributed by atoms with van der Waals surface area (Å²) in [5, 5.41) is 8.58. The Balaban J connectivity index is 1.79. The summed E-state index contributed by atoms with van der Waals surface area (Å²) >= 11 is 0. The van der Waals surface area contributed by atoms with Crippen molar-refractivity contribution in [3.63, 3.8) is 0 Å². The van der Waals surface area contributed by atoms with E-state index in [9.17, 15) is 4.79 Å². The van der Waals surface area contributed by atoms with Crippen LogP contribution in [0.4, 0.5) is 0 Å². The molecule has 0 atom stereocenters. The van der Waals surface area contributed by atoms with Crippen molar-refractivity contribution in [2.24, 2.45) is 0 Å². The Bertz CT molecular complexity index is 400. The number of hydrogen-bond acceptors (Lipinski definition) is 5. The van der Waals surface area contributed by atoms with Gasteiger partial charge in [-0.15, -0.1) is 0 Å². The van der Waals surface area contributed by atoms with Crippen molar-refractivity contribution in [1.82, 2.24) is 9.80 Å². The number of piperazine rings is 1. The quantitative estimate of drug-likeness (QED) is 0.563. The van der Waals surface area contributed by atoms with Gasteiger partial charge < -0.3 is 4.42 Å². The highest BCUT2D eigenvalue weighted by atomic mass is 16.3. The molecule has 0 N–H and O–H groups in total. The van der Waals surface area contributed by atoms with Crippen molar-refractivity contribution in [3.8, 4) is 6.07 Å². The minimum atomic E-state index is 0.0173. The van der Waals surface area contributed by atoms with Gasteiger partial charge in [-0.2, -0.15) is 5.26 Å². The Morgan fingerprint density at radius 1 is 1.35 bits per heavy atom. The van der Waals surface area contributed by atoms with Crippen molar-refractivity contribution < 1.29 is 9.21 Å². The molecular formula is C12H15N3O2. The van der Waals surface area contributed by atoms with Gasteiger partial charge in [-0.1, -0.05) is 0 Å². The molecule has 1 aromatic rings. The van der Waals surface area contributed by atoms with E-state index in [0.717, 1.165) is 26.2 Å². The zero-order chi connectivity index (χ0) is 12.1. The Morgan fingerprint density at radius 3 is 2.65 bits per heavy atom. The third-order valence-corrected chi connectivity index (χ3v) is 2.92. The van der Waals surface area contributed by atoms with E-state index in [1.807, 2.05) is 0 Å². The Hall–Kier alpha value is -1.64. The molecule has 1 aromatic heterocycles. The number of nitrogens with zero attached hydrogens (tertiary/aromatic N) is 3. The molecule has 90 valence electrons. The lowest BCUT2D eigenvalue weighted by Gasteiger charge is -2.32. The zero-order valence-corrected chi connectivity index (χ0v) is 9.63. The molecule has 2 heterocycles. The van der Waals surface area contributed by atoms with E-state index in [1.54, 1.807) is 12.1 Å². The topological polar surface area (TPSA) is 60.5 Å². The highest BCUT2D eigenvalue weighted by molar-refractivity contribution is 5.94. The van der Waals surface area contributed by atoms with Gasteiger partial charge in [0.05, 0.1) is 25.4 Å². The summed E-state index contributed by atoms with van der Waals surface area (Å²) in [4.78, 5) is 16.0. The molecule has 0 radical (unpaired) electrons. The molecule has 0 aliphatic carbocycles. The first-order valence-electron chi connectivity index (χ1n) is 5.68. The van der Waals surface area contributed by atoms with Crippen LogP contribution in [0, 0.1) is 11.3 Å². The monoisotopic (exact) mass is 233 g/mol. The summed E-state index contributed by atoms with van der Waals surface area (Å²) in [6.45, 7) is 4.22. The number of carbonyl (C=O) groups excluding carboxylic acids is 1. The minimum absolute atomic E-state index is 0.0173. The number of rotatable bonds is 4. The third-order valence-electron chi connectivity index (χ3n) is 2.92. The molecule has 5 heteroatoms. The van der Waals surface area contributed by atoms with Crippen LogP contribution in [0.15, 0.2) is 22.8 Å². The van der Waals surface area contributed by atoms with Gasteiger partial charge in [0.15, 0.2) is 5.76 Å². The molecule has 0 bridgehead atoms. The van der Waals surface area contributed by atoms with Crippen molar-refractivity contribution in [2.75, 3.05) is 39.3 Å². The highest BCUT2D eigenvalue weighted by Gasteiger charge is 2.20. The predicted molar refractivity (Wildman–Crippen MR) is 61.5 cm³/mol. The zero-order valence-electron chi connectivity index (χ0n) is 9.63. The second kappa shape index (κ2) is 5.62. The SMILES string of the molecule is N#CCN1CCN(CC(=O)c2ccco2)CC1. The summed E-state index contributed by atoms with van der Waals surface area (Å²) in [7, 11) is 0. The molecule has 5 nitrogen and oxygen atoms in total. The second-order valence-electron chi connectivity index (χ2n) is 4.11. The van der Waals surface area contributed by atoms with Gasteiger partial charge in [-0.25, -0.2) is 0 Å². The molecule has 2 rings (SSSR count). The standard InChI is InChI=1S/C12H15N3O2/c13-3-4-14-5-7-15(8-6-14)10-11(16)12-2-1-9-17-12/h1-2,9H,4-8,10H2. The summed E-state index contributed by atoms with van der Waals surface area (Å²) < 4.78 is 5.07. The maximum absolute atomic E-state index is 11.8. The lowest BCUT2D eigenvalue weighted by Crippen LogP contribution is -2.47. The Morgan fingerprint density at radius 2 is 2.06 bits per heavy atom. The molecular weight excluding hydrogens is 218 g/mol. The van der Waals surface area contributed by atoms with Crippen LogP contribution < -0.4 is 0 Å². The van der Waals surface area contributed by atoms with Gasteiger partial charge in [-0.05, 0) is 12.1 Å². The average molecular weight is 233 g/mol. The van der Waals surface area contributed by atoms with Crippen molar-refractivity contribution in [1.29, 1.82) is 5.26 Å². The second-order valence-corrected chi connectivity index (χ2v) is 4.11. The molecule has 0 unspecified atom stereocenters. The highest BCUT2D eigenvalue weighted by Crippen LogP contribution is 2.06. The van der Waals surface area contributed by atoms with Gasteiger partial charge in [0.1, 0.15) is 0 Å². The molecule has 1 fully saturated rings. The molecule has 0 amide bonds. The number of ketones is 1. The van der Waals surface area contributed by atoms with E-state index < -0.39 is 0 Å². The lowest BCUT2D eigenvalue weighted by molar-refractivity contribution is 0.0840. The first kappa shape index (κ1) is 11.8. The largest absolute Gasteiger partial charge is 0.461 e. The maximum Gasteiger partial charge on any atom is 0.211 e. The van der Waals surface area contributed by atoms with Crippen LogP contribution in [0.3, 0.4) is 0 Å². The summed E-state index contributed by atoms with van der Waals surface area (Å²) in [6.07, 6.45) is 1.51. The lowest BCUT2D eigenvalue weighted by atomic mass is 10.2. The fourth-order valence-corrected chi connectivity index (χ4v) is 1.92. The third kappa shape index (κ3) is 3.16. The first-order valence-corrected chi connectivity index (χ1v) is 5.68. The van der Waals surface area contributed by atoms with Gasteiger partial charge in [0.25, 0.3) is 0 Å². The van der Waals surface area contributed by atoms with Gasteiger partial charge >= 0.3 is 0 Å². The van der Waals surface area contributed by atoms with Gasteiger partial charge in [-0.3, -0.25) is 14.6 Å². The van der Waals surface area contributed by atoms with Gasteiger partial charge in [0, 0.05) is 26.2 Å². The van der Waals surface area contributed by atoms with Crippen LogP contribution in [0.1, 0.15) is 10.6 Å². The smallest absolute Gasteiger partial charge is 0.211 e. The number of carbonyl (C=O) groups is 1. The van der Waals surface area contributed by atoms with Crippen LogP contribution in [-0.4, -0.2) is 54.9 Å². The normalized spacial score (nSPS) is 17.8. The van der Waals surface area contributed by atoms with Crippen LogP contribution in [0.25, 0.3) is 0 Å². The van der Waals surface area contributed by atoms with Crippen LogP contribution in [-0.2, 0) is 0 Å². The van der Waals surface area contributed by atoms with E-state index in [1.165, 1.54) is 6.26 Å². The van der Waals surface area contributed by atoms with E-state index in [4.69, 9.17) is 9.68 Å². The minimum Gasteiger partial charge on any atom is -0.461 e. The molecule has 0 aromatic carbocycles. The summed E-state index contributed by atoms with van der Waals surface area (Å²) in [5.74, 6) is 0.438. The Kier molecular flexibility index (Phi) is 3.91. The Labute approximate surface area is 100 Å². The number of nitriles is 1. The predicted octanol–water partition coefficient (Wildman–Crippen LogP) is 0.603. The molecule has 1 aliphatic heterocycles. The molecule has 0 spiro atoms. The van der Waals surface area contributed by atoms with E-state index in [0.29, 0.717) is 18.8 Å². The molecule has 0 saturated carbocycles. The molecule has 1 saturated heterocycles. The molecule has 1 aliphatic rings. The van der Waals surface area contributed by atoms with Crippen LogP contribution in [0.2, 0.25) is 0 Å². The van der Waals surface area contributed by atoms with Crippen LogP contribution in [0.5, 0.6) is 0 Å². The van der Waals surface area contributed by atoms with E-state index in [2.05, 4.69) is 15.9 Å². The number of furan rings is 1. The summed E-state index contributed by atoms with van der Waals surface area (Å²) in [6, 6.07) is 5.55. The average Bonchev–Trinajstić information content (AvgIpc) is 2.86. The number of Topliss-reactive ketones (excluding diaryl/α,β-unsaturated/α-hetero) is 1. The van der Waals surface area contributed by atoms with Crippen molar-refractivity contribution >= 4 is 5.78 Å². The van der Waals surface area contributed by atoms with Crippen molar-refractivity contribution in [2.45, 2.75) is 0 Å². The van der Waals surface area contributed by atoms with Crippen molar-refractivity contribution in [3.05, 3.63) is 24.2 Å². The van der Waals surface area contributed by atoms with Crippen LogP contribution >= 0.6 is 0 Å². The van der Waals surface area contributed by atoms with Gasteiger partial charge in [0.2, 0.25) is 5.78 Å². The summed E-state index contributed by atoms with van der Waals surface area (Å²) in [5.41, 5.74) is 0. The fourth-order valence-electron chi connectivity index (χ4n) is 1.92. The molecule has 17 heavy (non-hydrogen) atoms. The number of hydrogen-bond donors (Lipinski definition) is 0.